The van der Waals surface area contributed by atoms with Crippen molar-refractivity contribution in [2.75, 3.05) is 13.6 Å². The molecule has 1 N–H and O–H groups in total. The molecule has 2 nitrogen and oxygen atoms in total. The lowest BCUT2D eigenvalue weighted by atomic mass is 9.98. The first-order valence-electron chi connectivity index (χ1n) is 5.31. The maximum absolute atomic E-state index is 4.51. The Labute approximate surface area is 90.8 Å². The lowest BCUT2D eigenvalue weighted by molar-refractivity contribution is 0.452. The van der Waals surface area contributed by atoms with E-state index in [1.54, 1.807) is 11.3 Å². The summed E-state index contributed by atoms with van der Waals surface area (Å²) in [5.74, 6) is 0.742. The van der Waals surface area contributed by atoms with E-state index in [1.807, 2.05) is 7.05 Å². The summed E-state index contributed by atoms with van der Waals surface area (Å²) in [5.41, 5.74) is 1.27. The first-order chi connectivity index (χ1) is 6.76. The summed E-state index contributed by atoms with van der Waals surface area (Å²) >= 11 is 1.75. The number of thiazole rings is 1. The van der Waals surface area contributed by atoms with E-state index < -0.39 is 0 Å². The molecule has 1 unspecified atom stereocenters. The molecule has 0 aliphatic rings. The van der Waals surface area contributed by atoms with Crippen molar-refractivity contribution in [1.29, 1.82) is 0 Å². The molecule has 0 aromatic carbocycles. The number of hydrogen-bond donors (Lipinski definition) is 1. The molecule has 1 rings (SSSR count). The topological polar surface area (TPSA) is 24.9 Å². The van der Waals surface area contributed by atoms with Crippen molar-refractivity contribution in [3.8, 4) is 0 Å². The van der Waals surface area contributed by atoms with E-state index in [9.17, 15) is 0 Å². The SMILES string of the molecule is CCCC(CNC)Cc1csc(C)n1. The van der Waals surface area contributed by atoms with E-state index in [2.05, 4.69) is 29.5 Å². The van der Waals surface area contributed by atoms with Gasteiger partial charge in [0.25, 0.3) is 0 Å². The highest BCUT2D eigenvalue weighted by molar-refractivity contribution is 7.09. The van der Waals surface area contributed by atoms with Gasteiger partial charge in [-0.2, -0.15) is 0 Å². The molecule has 0 radical (unpaired) electrons. The van der Waals surface area contributed by atoms with Gasteiger partial charge in [-0.3, -0.25) is 0 Å². The Morgan fingerprint density at radius 3 is 2.86 bits per heavy atom. The van der Waals surface area contributed by atoms with Crippen molar-refractivity contribution in [2.24, 2.45) is 5.92 Å². The molecule has 0 aliphatic heterocycles. The van der Waals surface area contributed by atoms with E-state index in [0.29, 0.717) is 0 Å². The highest BCUT2D eigenvalue weighted by Gasteiger charge is 2.09. The minimum Gasteiger partial charge on any atom is -0.319 e. The molecule has 0 saturated heterocycles. The fraction of sp³-hybridized carbons (Fsp3) is 0.727. The second kappa shape index (κ2) is 6.14. The molecular formula is C11H20N2S. The highest BCUT2D eigenvalue weighted by atomic mass is 32.1. The molecule has 80 valence electrons. The molecule has 3 heteroatoms. The molecule has 0 saturated carbocycles. The van der Waals surface area contributed by atoms with Gasteiger partial charge in [-0.1, -0.05) is 13.3 Å². The third-order valence-electron chi connectivity index (χ3n) is 2.35. The normalized spacial score (nSPS) is 13.1. The number of aromatic nitrogens is 1. The van der Waals surface area contributed by atoms with E-state index in [0.717, 1.165) is 18.9 Å². The average molecular weight is 212 g/mol. The predicted octanol–water partition coefficient (Wildman–Crippen LogP) is 2.63. The van der Waals surface area contributed by atoms with Crippen LogP contribution in [0.1, 0.15) is 30.5 Å². The monoisotopic (exact) mass is 212 g/mol. The summed E-state index contributed by atoms with van der Waals surface area (Å²) in [7, 11) is 2.02. The summed E-state index contributed by atoms with van der Waals surface area (Å²) in [6.07, 6.45) is 3.67. The fourth-order valence-electron chi connectivity index (χ4n) is 1.77. The molecule has 0 spiro atoms. The van der Waals surface area contributed by atoms with Crippen LogP contribution in [0.25, 0.3) is 0 Å². The number of aryl methyl sites for hydroxylation is 1. The van der Waals surface area contributed by atoms with Crippen molar-refractivity contribution in [3.05, 3.63) is 16.1 Å². The van der Waals surface area contributed by atoms with Gasteiger partial charge in [0.05, 0.1) is 10.7 Å². The average Bonchev–Trinajstić information content (AvgIpc) is 2.52. The quantitative estimate of drug-likeness (QED) is 0.784. The van der Waals surface area contributed by atoms with E-state index >= 15 is 0 Å². The van der Waals surface area contributed by atoms with Crippen molar-refractivity contribution in [1.82, 2.24) is 10.3 Å². The van der Waals surface area contributed by atoms with Gasteiger partial charge in [0.2, 0.25) is 0 Å². The van der Waals surface area contributed by atoms with Gasteiger partial charge >= 0.3 is 0 Å². The lowest BCUT2D eigenvalue weighted by Crippen LogP contribution is -2.20. The summed E-state index contributed by atoms with van der Waals surface area (Å²) in [6.45, 7) is 5.42. The third-order valence-corrected chi connectivity index (χ3v) is 3.18. The Balaban J connectivity index is 2.46. The predicted molar refractivity (Wildman–Crippen MR) is 62.9 cm³/mol. The summed E-state index contributed by atoms with van der Waals surface area (Å²) in [4.78, 5) is 4.51. The Kier molecular flexibility index (Phi) is 5.12. The summed E-state index contributed by atoms with van der Waals surface area (Å²) in [6, 6.07) is 0. The molecule has 14 heavy (non-hydrogen) atoms. The number of nitrogens with one attached hydrogen (secondary N) is 1. The lowest BCUT2D eigenvalue weighted by Gasteiger charge is -2.13. The van der Waals surface area contributed by atoms with Gasteiger partial charge < -0.3 is 5.32 Å². The largest absolute Gasteiger partial charge is 0.319 e. The maximum Gasteiger partial charge on any atom is 0.0897 e. The number of nitrogens with zero attached hydrogens (tertiary/aromatic N) is 1. The first-order valence-corrected chi connectivity index (χ1v) is 6.19. The maximum atomic E-state index is 4.51. The van der Waals surface area contributed by atoms with E-state index in [1.165, 1.54) is 23.5 Å². The Morgan fingerprint density at radius 1 is 1.57 bits per heavy atom. The van der Waals surface area contributed by atoms with Crippen LogP contribution in [0.4, 0.5) is 0 Å². The zero-order valence-corrected chi connectivity index (χ0v) is 10.2. The first kappa shape index (κ1) is 11.7. The summed E-state index contributed by atoms with van der Waals surface area (Å²) < 4.78 is 0. The second-order valence-electron chi connectivity index (χ2n) is 3.77. The Hall–Kier alpha value is -0.410. The molecule has 0 aliphatic carbocycles. The standard InChI is InChI=1S/C11H20N2S/c1-4-5-10(7-12-3)6-11-8-14-9(2)13-11/h8,10,12H,4-7H2,1-3H3. The minimum atomic E-state index is 0.742. The van der Waals surface area contributed by atoms with Crippen LogP contribution in [0.15, 0.2) is 5.38 Å². The van der Waals surface area contributed by atoms with Gasteiger partial charge in [0.1, 0.15) is 0 Å². The Bertz CT molecular complexity index is 252. The van der Waals surface area contributed by atoms with Crippen molar-refractivity contribution in [2.45, 2.75) is 33.1 Å². The van der Waals surface area contributed by atoms with Crippen molar-refractivity contribution in [3.63, 3.8) is 0 Å². The third kappa shape index (κ3) is 3.76. The molecule has 0 amide bonds. The highest BCUT2D eigenvalue weighted by Crippen LogP contribution is 2.15. The van der Waals surface area contributed by atoms with Crippen LogP contribution in [0.2, 0.25) is 0 Å². The molecule has 0 fully saturated rings. The van der Waals surface area contributed by atoms with Gasteiger partial charge in [-0.05, 0) is 39.3 Å². The van der Waals surface area contributed by atoms with Crippen LogP contribution < -0.4 is 5.32 Å². The smallest absolute Gasteiger partial charge is 0.0897 e. The number of hydrogen-bond acceptors (Lipinski definition) is 3. The van der Waals surface area contributed by atoms with Crippen LogP contribution in [-0.4, -0.2) is 18.6 Å². The van der Waals surface area contributed by atoms with Gasteiger partial charge in [-0.15, -0.1) is 11.3 Å². The van der Waals surface area contributed by atoms with Crippen LogP contribution in [0.3, 0.4) is 0 Å². The zero-order chi connectivity index (χ0) is 10.4. The van der Waals surface area contributed by atoms with Crippen LogP contribution in [-0.2, 0) is 6.42 Å². The fourth-order valence-corrected chi connectivity index (χ4v) is 2.40. The van der Waals surface area contributed by atoms with Crippen LogP contribution >= 0.6 is 11.3 Å². The van der Waals surface area contributed by atoms with Gasteiger partial charge in [0.15, 0.2) is 0 Å². The van der Waals surface area contributed by atoms with Crippen LogP contribution in [0, 0.1) is 12.8 Å². The van der Waals surface area contributed by atoms with E-state index in [-0.39, 0.29) is 0 Å². The molecule has 0 bridgehead atoms. The van der Waals surface area contributed by atoms with Crippen molar-refractivity contribution >= 4 is 11.3 Å². The van der Waals surface area contributed by atoms with Gasteiger partial charge in [0, 0.05) is 5.38 Å². The van der Waals surface area contributed by atoms with E-state index in [4.69, 9.17) is 0 Å². The zero-order valence-electron chi connectivity index (χ0n) is 9.34. The van der Waals surface area contributed by atoms with Gasteiger partial charge in [-0.25, -0.2) is 4.98 Å². The Morgan fingerprint density at radius 2 is 2.36 bits per heavy atom. The van der Waals surface area contributed by atoms with Crippen LogP contribution in [0.5, 0.6) is 0 Å². The molecule has 1 aromatic rings. The molecular weight excluding hydrogens is 192 g/mol. The molecule has 1 heterocycles. The second-order valence-corrected chi connectivity index (χ2v) is 4.84. The number of rotatable bonds is 6. The van der Waals surface area contributed by atoms with Crippen molar-refractivity contribution < 1.29 is 0 Å². The summed E-state index contributed by atoms with van der Waals surface area (Å²) in [5, 5.41) is 6.62. The molecule has 1 aromatic heterocycles. The minimum absolute atomic E-state index is 0.742. The molecule has 1 atom stereocenters.